The Morgan fingerprint density at radius 3 is 2.62 bits per heavy atom. The number of anilines is 2. The highest BCUT2D eigenvalue weighted by Gasteiger charge is 2.35. The summed E-state index contributed by atoms with van der Waals surface area (Å²) in [6.45, 7) is 5.76. The molecule has 1 aliphatic heterocycles. The maximum absolute atomic E-state index is 13.5. The van der Waals surface area contributed by atoms with Crippen LogP contribution in [0, 0.1) is 13.8 Å². The zero-order chi connectivity index (χ0) is 23.0. The zero-order valence-corrected chi connectivity index (χ0v) is 19.6. The molecule has 0 bridgehead atoms. The first kappa shape index (κ1) is 21.8. The van der Waals surface area contributed by atoms with Crippen molar-refractivity contribution in [1.29, 1.82) is 0 Å². The molecule has 8 nitrogen and oxygen atoms in total. The number of nitrogens with one attached hydrogen (secondary N) is 2. The van der Waals surface area contributed by atoms with Crippen molar-refractivity contribution in [1.82, 2.24) is 14.8 Å². The number of aromatic nitrogens is 3. The molecule has 1 atom stereocenters. The first-order chi connectivity index (χ1) is 15.3. The van der Waals surface area contributed by atoms with Crippen LogP contribution in [0.2, 0.25) is 0 Å². The number of halogens is 1. The topological polar surface area (TPSA) is 98.1 Å². The first-order valence-electron chi connectivity index (χ1n) is 9.95. The lowest BCUT2D eigenvalue weighted by Crippen LogP contribution is -2.31. The minimum Gasteiger partial charge on any atom is -0.463 e. The van der Waals surface area contributed by atoms with Crippen LogP contribution in [0.25, 0.3) is 0 Å². The Morgan fingerprint density at radius 2 is 1.94 bits per heavy atom. The number of esters is 1. The number of hydrogen-bond donors (Lipinski definition) is 2. The summed E-state index contributed by atoms with van der Waals surface area (Å²) in [6, 6.07) is 12.9. The van der Waals surface area contributed by atoms with Crippen LogP contribution in [0.4, 0.5) is 11.6 Å². The van der Waals surface area contributed by atoms with Gasteiger partial charge in [-0.15, -0.1) is 5.10 Å². The summed E-state index contributed by atoms with van der Waals surface area (Å²) in [4.78, 5) is 29.8. The number of aryl methyl sites for hydroxylation is 2. The standard InChI is InChI=1S/C23H22BrN5O3/c1-12-8-9-17(13(2)10-12)26-21(30)18-14(3)25-23-27-20(22(31)32-4)28-29(23)19(18)15-6-5-7-16(24)11-15/h5-11,19H,1-4H3,(H,26,30)(H,25,27,28). The van der Waals surface area contributed by atoms with Gasteiger partial charge in [-0.05, 0) is 50.1 Å². The molecule has 2 aromatic carbocycles. The lowest BCUT2D eigenvalue weighted by molar-refractivity contribution is -0.113. The van der Waals surface area contributed by atoms with Crippen LogP contribution in [0.15, 0.2) is 58.2 Å². The molecule has 1 aromatic heterocycles. The van der Waals surface area contributed by atoms with E-state index in [1.165, 1.54) is 11.8 Å². The Bertz CT molecular complexity index is 1260. The van der Waals surface area contributed by atoms with Crippen LogP contribution < -0.4 is 10.6 Å². The number of benzene rings is 2. The van der Waals surface area contributed by atoms with Crippen LogP contribution in [-0.2, 0) is 9.53 Å². The predicted molar refractivity (Wildman–Crippen MR) is 125 cm³/mol. The summed E-state index contributed by atoms with van der Waals surface area (Å²) in [5.74, 6) is -0.650. The van der Waals surface area contributed by atoms with Gasteiger partial charge in [0.1, 0.15) is 6.04 Å². The van der Waals surface area contributed by atoms with Crippen molar-refractivity contribution in [3.8, 4) is 0 Å². The van der Waals surface area contributed by atoms with Gasteiger partial charge in [0.25, 0.3) is 11.7 Å². The fourth-order valence-electron chi connectivity index (χ4n) is 3.75. The minimum absolute atomic E-state index is 0.0844. The van der Waals surface area contributed by atoms with Gasteiger partial charge in [-0.3, -0.25) is 4.79 Å². The first-order valence-corrected chi connectivity index (χ1v) is 10.7. The fraction of sp³-hybridized carbons (Fsp3) is 0.217. The van der Waals surface area contributed by atoms with Crippen molar-refractivity contribution >= 4 is 39.4 Å². The third kappa shape index (κ3) is 4.03. The second-order valence-corrected chi connectivity index (χ2v) is 8.50. The highest BCUT2D eigenvalue weighted by atomic mass is 79.9. The SMILES string of the molecule is COC(=O)c1nc2n(n1)C(c1cccc(Br)c1)C(C(=O)Nc1ccc(C)cc1C)=C(C)N2. The molecule has 4 rings (SSSR count). The van der Waals surface area contributed by atoms with Crippen molar-refractivity contribution in [3.63, 3.8) is 0 Å². The van der Waals surface area contributed by atoms with Crippen molar-refractivity contribution in [2.24, 2.45) is 0 Å². The van der Waals surface area contributed by atoms with Gasteiger partial charge in [-0.1, -0.05) is 45.8 Å². The maximum Gasteiger partial charge on any atom is 0.378 e. The smallest absolute Gasteiger partial charge is 0.378 e. The van der Waals surface area contributed by atoms with Crippen molar-refractivity contribution in [2.75, 3.05) is 17.7 Å². The number of allylic oxidation sites excluding steroid dienone is 1. The van der Waals surface area contributed by atoms with E-state index in [4.69, 9.17) is 4.74 Å². The van der Waals surface area contributed by atoms with Crippen LogP contribution in [0.3, 0.4) is 0 Å². The molecule has 3 aromatic rings. The Kier molecular flexibility index (Phi) is 5.84. The average molecular weight is 496 g/mol. The number of amides is 1. The third-order valence-corrected chi connectivity index (χ3v) is 5.75. The predicted octanol–water partition coefficient (Wildman–Crippen LogP) is 4.37. The second-order valence-electron chi connectivity index (χ2n) is 7.59. The molecular weight excluding hydrogens is 474 g/mol. The Hall–Kier alpha value is -3.46. The van der Waals surface area contributed by atoms with Crippen LogP contribution >= 0.6 is 15.9 Å². The van der Waals surface area contributed by atoms with Crippen molar-refractivity contribution in [3.05, 3.63) is 80.7 Å². The van der Waals surface area contributed by atoms with Gasteiger partial charge in [-0.25, -0.2) is 9.48 Å². The molecule has 0 saturated heterocycles. The van der Waals surface area contributed by atoms with Gasteiger partial charge in [0.05, 0.1) is 12.7 Å². The van der Waals surface area contributed by atoms with E-state index in [0.717, 1.165) is 26.9 Å². The van der Waals surface area contributed by atoms with E-state index < -0.39 is 12.0 Å². The maximum atomic E-state index is 13.5. The highest BCUT2D eigenvalue weighted by Crippen LogP contribution is 2.36. The summed E-state index contributed by atoms with van der Waals surface area (Å²) >= 11 is 3.50. The number of methoxy groups -OCH3 is 1. The van der Waals surface area contributed by atoms with E-state index in [1.54, 1.807) is 6.92 Å². The van der Waals surface area contributed by atoms with Gasteiger partial charge < -0.3 is 15.4 Å². The van der Waals surface area contributed by atoms with Crippen LogP contribution in [0.5, 0.6) is 0 Å². The molecule has 2 N–H and O–H groups in total. The van der Waals surface area contributed by atoms with E-state index >= 15 is 0 Å². The summed E-state index contributed by atoms with van der Waals surface area (Å²) in [7, 11) is 1.27. The number of nitrogens with zero attached hydrogens (tertiary/aromatic N) is 3. The normalized spacial score (nSPS) is 15.1. The van der Waals surface area contributed by atoms with Crippen molar-refractivity contribution in [2.45, 2.75) is 26.8 Å². The zero-order valence-electron chi connectivity index (χ0n) is 18.1. The molecule has 0 saturated carbocycles. The van der Waals surface area contributed by atoms with E-state index in [2.05, 4.69) is 36.6 Å². The summed E-state index contributed by atoms with van der Waals surface area (Å²) in [5, 5.41) is 10.5. The van der Waals surface area contributed by atoms with Gasteiger partial charge in [0, 0.05) is 15.9 Å². The largest absolute Gasteiger partial charge is 0.463 e. The molecule has 32 heavy (non-hydrogen) atoms. The number of ether oxygens (including phenoxy) is 1. The molecule has 1 aliphatic rings. The van der Waals surface area contributed by atoms with E-state index in [0.29, 0.717) is 17.2 Å². The number of rotatable bonds is 4. The number of carbonyl (C=O) groups excluding carboxylic acids is 2. The molecule has 1 amide bonds. The monoisotopic (exact) mass is 495 g/mol. The van der Waals surface area contributed by atoms with E-state index in [1.807, 2.05) is 56.3 Å². The van der Waals surface area contributed by atoms with Gasteiger partial charge in [0.15, 0.2) is 0 Å². The van der Waals surface area contributed by atoms with Crippen LogP contribution in [-0.4, -0.2) is 33.8 Å². The third-order valence-electron chi connectivity index (χ3n) is 5.26. The fourth-order valence-corrected chi connectivity index (χ4v) is 4.17. The molecular formula is C23H22BrN5O3. The molecule has 1 unspecified atom stereocenters. The molecule has 9 heteroatoms. The molecule has 164 valence electrons. The summed E-state index contributed by atoms with van der Waals surface area (Å²) < 4.78 is 7.17. The number of carbonyl (C=O) groups is 2. The van der Waals surface area contributed by atoms with Gasteiger partial charge in [0.2, 0.25) is 5.95 Å². The summed E-state index contributed by atoms with van der Waals surface area (Å²) in [5.41, 5.74) is 4.71. The Morgan fingerprint density at radius 1 is 1.16 bits per heavy atom. The minimum atomic E-state index is -0.652. The molecule has 0 aliphatic carbocycles. The van der Waals surface area contributed by atoms with E-state index in [9.17, 15) is 9.59 Å². The van der Waals surface area contributed by atoms with Gasteiger partial charge in [-0.2, -0.15) is 4.98 Å². The average Bonchev–Trinajstić information content (AvgIpc) is 3.17. The second kappa shape index (κ2) is 8.58. The summed E-state index contributed by atoms with van der Waals surface area (Å²) in [6.07, 6.45) is 0. The van der Waals surface area contributed by atoms with Crippen LogP contribution in [0.1, 0.15) is 40.3 Å². The Labute approximate surface area is 193 Å². The van der Waals surface area contributed by atoms with Gasteiger partial charge >= 0.3 is 5.97 Å². The highest BCUT2D eigenvalue weighted by molar-refractivity contribution is 9.10. The molecule has 0 fully saturated rings. The number of hydrogen-bond acceptors (Lipinski definition) is 6. The lowest BCUT2D eigenvalue weighted by atomic mass is 9.95. The molecule has 0 spiro atoms. The molecule has 2 heterocycles. The number of fused-ring (bicyclic) bond motifs is 1. The Balaban J connectivity index is 1.81. The molecule has 0 radical (unpaired) electrons. The quantitative estimate of drug-likeness (QED) is 0.521. The van der Waals surface area contributed by atoms with E-state index in [-0.39, 0.29) is 11.7 Å². The lowest BCUT2D eigenvalue weighted by Gasteiger charge is -2.29. The van der Waals surface area contributed by atoms with Crippen molar-refractivity contribution < 1.29 is 14.3 Å².